The van der Waals surface area contributed by atoms with Crippen molar-refractivity contribution in [1.82, 2.24) is 14.7 Å². The molecule has 0 radical (unpaired) electrons. The average Bonchev–Trinajstić information content (AvgIpc) is 2.97. The number of fused-ring (bicyclic) bond motifs is 1. The van der Waals surface area contributed by atoms with Gasteiger partial charge in [0.15, 0.2) is 11.4 Å². The lowest BCUT2D eigenvalue weighted by Gasteiger charge is -2.08. The number of amides is 1. The molecule has 0 unspecified atom stereocenters. The Bertz CT molecular complexity index is 902. The third-order valence-electron chi connectivity index (χ3n) is 3.89. The molecule has 2 aromatic heterocycles. The van der Waals surface area contributed by atoms with Crippen molar-refractivity contribution < 1.29 is 14.3 Å². The second-order valence-corrected chi connectivity index (χ2v) is 5.58. The van der Waals surface area contributed by atoms with E-state index in [-0.39, 0.29) is 5.91 Å². The minimum Gasteiger partial charge on any atom is -0.497 e. The van der Waals surface area contributed by atoms with Gasteiger partial charge >= 0.3 is 0 Å². The summed E-state index contributed by atoms with van der Waals surface area (Å²) in [6.07, 6.45) is 1.82. The molecule has 1 aromatic carbocycles. The molecule has 0 atom stereocenters. The Hall–Kier alpha value is -3.02. The van der Waals surface area contributed by atoms with Gasteiger partial charge in [0, 0.05) is 12.7 Å². The SMILES string of the molecule is CCOc1cccn2c(C(=O)NCc3cccc(OC)c3)c(C)nc12. The van der Waals surface area contributed by atoms with Crippen LogP contribution in [0.2, 0.25) is 0 Å². The molecule has 25 heavy (non-hydrogen) atoms. The number of hydrogen-bond donors (Lipinski definition) is 1. The number of hydrogen-bond acceptors (Lipinski definition) is 4. The second-order valence-electron chi connectivity index (χ2n) is 5.58. The Labute approximate surface area is 146 Å². The number of aromatic nitrogens is 2. The molecule has 0 aliphatic rings. The van der Waals surface area contributed by atoms with Gasteiger partial charge in [0.25, 0.3) is 5.91 Å². The summed E-state index contributed by atoms with van der Waals surface area (Å²) in [4.78, 5) is 17.2. The predicted octanol–water partition coefficient (Wildman–Crippen LogP) is 2.98. The summed E-state index contributed by atoms with van der Waals surface area (Å²) in [6, 6.07) is 11.3. The van der Waals surface area contributed by atoms with Crippen LogP contribution in [-0.2, 0) is 6.54 Å². The topological polar surface area (TPSA) is 64.9 Å². The Kier molecular flexibility index (Phi) is 4.88. The van der Waals surface area contributed by atoms with E-state index in [9.17, 15) is 4.79 Å². The zero-order valence-corrected chi connectivity index (χ0v) is 14.6. The van der Waals surface area contributed by atoms with Crippen molar-refractivity contribution in [3.63, 3.8) is 0 Å². The molecule has 0 aliphatic heterocycles. The molecule has 3 aromatic rings. The van der Waals surface area contributed by atoms with E-state index in [0.29, 0.717) is 35.9 Å². The van der Waals surface area contributed by atoms with E-state index in [1.165, 1.54) is 0 Å². The van der Waals surface area contributed by atoms with Crippen LogP contribution in [0, 0.1) is 6.92 Å². The zero-order chi connectivity index (χ0) is 17.8. The van der Waals surface area contributed by atoms with E-state index >= 15 is 0 Å². The van der Waals surface area contributed by atoms with Crippen molar-refractivity contribution in [2.75, 3.05) is 13.7 Å². The van der Waals surface area contributed by atoms with Crippen molar-refractivity contribution in [3.8, 4) is 11.5 Å². The number of pyridine rings is 1. The van der Waals surface area contributed by atoms with Crippen molar-refractivity contribution in [2.24, 2.45) is 0 Å². The van der Waals surface area contributed by atoms with Crippen molar-refractivity contribution >= 4 is 11.6 Å². The minimum atomic E-state index is -0.179. The summed E-state index contributed by atoms with van der Waals surface area (Å²) in [7, 11) is 1.62. The number of nitrogens with zero attached hydrogens (tertiary/aromatic N) is 2. The van der Waals surface area contributed by atoms with Gasteiger partial charge in [-0.2, -0.15) is 0 Å². The Morgan fingerprint density at radius 2 is 2.12 bits per heavy atom. The largest absolute Gasteiger partial charge is 0.497 e. The second kappa shape index (κ2) is 7.25. The summed E-state index contributed by atoms with van der Waals surface area (Å²) in [5.74, 6) is 1.25. The molecule has 0 bridgehead atoms. The molecular formula is C19H21N3O3. The highest BCUT2D eigenvalue weighted by molar-refractivity contribution is 5.94. The number of rotatable bonds is 6. The highest BCUT2D eigenvalue weighted by atomic mass is 16.5. The van der Waals surface area contributed by atoms with Gasteiger partial charge < -0.3 is 14.8 Å². The first-order valence-electron chi connectivity index (χ1n) is 8.15. The standard InChI is InChI=1S/C19H21N3O3/c1-4-25-16-9-6-10-22-17(13(2)21-18(16)22)19(23)20-12-14-7-5-8-15(11-14)24-3/h5-11H,4,12H2,1-3H3,(H,20,23). The number of methoxy groups -OCH3 is 1. The predicted molar refractivity (Wildman–Crippen MR) is 95.3 cm³/mol. The fourth-order valence-electron chi connectivity index (χ4n) is 2.75. The molecule has 0 saturated carbocycles. The first kappa shape index (κ1) is 16.8. The lowest BCUT2D eigenvalue weighted by molar-refractivity contribution is 0.0944. The van der Waals surface area contributed by atoms with E-state index in [1.54, 1.807) is 11.5 Å². The van der Waals surface area contributed by atoms with Crippen LogP contribution in [0.25, 0.3) is 5.65 Å². The summed E-state index contributed by atoms with van der Waals surface area (Å²) in [6.45, 7) is 4.70. The van der Waals surface area contributed by atoms with Crippen LogP contribution < -0.4 is 14.8 Å². The number of ether oxygens (including phenoxy) is 2. The van der Waals surface area contributed by atoms with E-state index in [2.05, 4.69) is 10.3 Å². The van der Waals surface area contributed by atoms with Crippen LogP contribution in [0.4, 0.5) is 0 Å². The molecule has 0 aliphatic carbocycles. The van der Waals surface area contributed by atoms with Crippen LogP contribution in [0.15, 0.2) is 42.6 Å². The molecule has 0 spiro atoms. The smallest absolute Gasteiger partial charge is 0.270 e. The van der Waals surface area contributed by atoms with Crippen LogP contribution in [0.1, 0.15) is 28.7 Å². The quantitative estimate of drug-likeness (QED) is 0.750. The van der Waals surface area contributed by atoms with Gasteiger partial charge in [-0.15, -0.1) is 0 Å². The average molecular weight is 339 g/mol. The van der Waals surface area contributed by atoms with E-state index in [1.807, 2.05) is 56.4 Å². The number of nitrogens with one attached hydrogen (secondary N) is 1. The van der Waals surface area contributed by atoms with Crippen molar-refractivity contribution in [2.45, 2.75) is 20.4 Å². The Morgan fingerprint density at radius 1 is 1.28 bits per heavy atom. The third-order valence-corrected chi connectivity index (χ3v) is 3.89. The Balaban J connectivity index is 1.84. The molecule has 6 nitrogen and oxygen atoms in total. The van der Waals surface area contributed by atoms with E-state index < -0.39 is 0 Å². The van der Waals surface area contributed by atoms with Gasteiger partial charge in [-0.25, -0.2) is 4.98 Å². The monoisotopic (exact) mass is 339 g/mol. The Morgan fingerprint density at radius 3 is 2.88 bits per heavy atom. The fourth-order valence-corrected chi connectivity index (χ4v) is 2.75. The lowest BCUT2D eigenvalue weighted by atomic mass is 10.2. The first-order chi connectivity index (χ1) is 12.1. The molecule has 0 fully saturated rings. The molecule has 0 saturated heterocycles. The van der Waals surface area contributed by atoms with Crippen LogP contribution in [0.5, 0.6) is 11.5 Å². The summed E-state index contributed by atoms with van der Waals surface area (Å²) in [5, 5.41) is 2.94. The normalized spacial score (nSPS) is 10.7. The minimum absolute atomic E-state index is 0.179. The molecule has 1 N–H and O–H groups in total. The maximum Gasteiger partial charge on any atom is 0.270 e. The van der Waals surface area contributed by atoms with E-state index in [0.717, 1.165) is 11.3 Å². The number of imidazole rings is 1. The highest BCUT2D eigenvalue weighted by Gasteiger charge is 2.18. The molecule has 130 valence electrons. The number of benzene rings is 1. The van der Waals surface area contributed by atoms with Crippen LogP contribution >= 0.6 is 0 Å². The molecule has 2 heterocycles. The van der Waals surface area contributed by atoms with Gasteiger partial charge in [-0.1, -0.05) is 12.1 Å². The zero-order valence-electron chi connectivity index (χ0n) is 14.6. The number of carbonyl (C=O) groups excluding carboxylic acids is 1. The summed E-state index contributed by atoms with van der Waals surface area (Å²) < 4.78 is 12.6. The van der Waals surface area contributed by atoms with Gasteiger partial charge in [-0.3, -0.25) is 9.20 Å². The molecule has 6 heteroatoms. The number of aryl methyl sites for hydroxylation is 1. The molecule has 1 amide bonds. The van der Waals surface area contributed by atoms with Crippen LogP contribution in [0.3, 0.4) is 0 Å². The van der Waals surface area contributed by atoms with Crippen molar-refractivity contribution in [1.29, 1.82) is 0 Å². The van der Waals surface area contributed by atoms with E-state index in [4.69, 9.17) is 9.47 Å². The fraction of sp³-hybridized carbons (Fsp3) is 0.263. The van der Waals surface area contributed by atoms with Gasteiger partial charge in [0.05, 0.1) is 19.4 Å². The number of carbonyl (C=O) groups is 1. The highest BCUT2D eigenvalue weighted by Crippen LogP contribution is 2.22. The molecule has 3 rings (SSSR count). The maximum absolute atomic E-state index is 12.7. The first-order valence-corrected chi connectivity index (χ1v) is 8.15. The van der Waals surface area contributed by atoms with Gasteiger partial charge in [0.1, 0.15) is 11.4 Å². The summed E-state index contributed by atoms with van der Waals surface area (Å²) >= 11 is 0. The maximum atomic E-state index is 12.7. The van der Waals surface area contributed by atoms with Gasteiger partial charge in [0.2, 0.25) is 0 Å². The summed E-state index contributed by atoms with van der Waals surface area (Å²) in [5.41, 5.74) is 2.79. The third kappa shape index (κ3) is 3.42. The lowest BCUT2D eigenvalue weighted by Crippen LogP contribution is -2.25. The van der Waals surface area contributed by atoms with Crippen molar-refractivity contribution in [3.05, 3.63) is 59.5 Å². The molecular weight excluding hydrogens is 318 g/mol. The van der Waals surface area contributed by atoms with Crippen LogP contribution in [-0.4, -0.2) is 29.0 Å². The van der Waals surface area contributed by atoms with Gasteiger partial charge in [-0.05, 0) is 43.7 Å².